The van der Waals surface area contributed by atoms with Gasteiger partial charge in [0, 0.05) is 24.3 Å². The molecule has 2 aromatic rings. The number of aryl methyl sites for hydroxylation is 1. The van der Waals surface area contributed by atoms with E-state index in [4.69, 9.17) is 5.26 Å². The first-order chi connectivity index (χ1) is 15.9. The van der Waals surface area contributed by atoms with Crippen LogP contribution in [-0.4, -0.2) is 41.1 Å². The number of pyridine rings is 1. The van der Waals surface area contributed by atoms with Gasteiger partial charge < -0.3 is 10.6 Å². The van der Waals surface area contributed by atoms with E-state index in [-0.39, 0.29) is 30.4 Å². The number of benzene rings is 1. The number of piperidine rings is 1. The van der Waals surface area contributed by atoms with Crippen LogP contribution in [0.2, 0.25) is 0 Å². The Labute approximate surface area is 193 Å². The lowest BCUT2D eigenvalue weighted by Gasteiger charge is -2.45. The number of amides is 1. The number of nitriles is 1. The number of carbonyl (C=O) groups is 1. The van der Waals surface area contributed by atoms with Crippen LogP contribution in [0.5, 0.6) is 0 Å². The third-order valence-corrected chi connectivity index (χ3v) is 6.85. The Kier molecular flexibility index (Phi) is 6.61. The SMILES string of the molecule is CCCCc1cc(F)cc2c1NC(=O)C2(CC)N1CC[C@H](F)C(Nc2ccc(C#N)nc2)C1. The fourth-order valence-electron chi connectivity index (χ4n) is 5.09. The van der Waals surface area contributed by atoms with Crippen molar-refractivity contribution in [3.8, 4) is 6.07 Å². The predicted molar refractivity (Wildman–Crippen MR) is 123 cm³/mol. The van der Waals surface area contributed by atoms with Gasteiger partial charge in [0.1, 0.15) is 29.3 Å². The number of rotatable bonds is 7. The number of anilines is 2. The number of halogens is 2. The third kappa shape index (κ3) is 4.18. The molecule has 1 amide bonds. The van der Waals surface area contributed by atoms with Crippen molar-refractivity contribution in [2.45, 2.75) is 63.7 Å². The maximum Gasteiger partial charge on any atom is 0.249 e. The summed E-state index contributed by atoms with van der Waals surface area (Å²) in [5.41, 5.74) is 2.03. The van der Waals surface area contributed by atoms with Crippen LogP contribution in [0.15, 0.2) is 30.5 Å². The number of hydrogen-bond acceptors (Lipinski definition) is 5. The summed E-state index contributed by atoms with van der Waals surface area (Å²) in [6, 6.07) is 7.63. The molecular weight excluding hydrogens is 424 g/mol. The standard InChI is InChI=1S/C25H29F2N5O/c1-3-5-6-16-11-17(26)12-20-23(16)31-24(33)25(20,4-2)32-10-9-21(27)22(15-32)30-19-8-7-18(13-28)29-14-19/h7-8,11-12,14,21-22,30H,3-6,9-10,15H2,1-2H3,(H,31,33)/t21-,22?,25?/m0/s1. The number of nitrogens with zero attached hydrogens (tertiary/aromatic N) is 3. The average molecular weight is 454 g/mol. The van der Waals surface area contributed by atoms with E-state index in [1.165, 1.54) is 18.3 Å². The highest BCUT2D eigenvalue weighted by molar-refractivity contribution is 6.06. The molecular formula is C25H29F2N5O. The molecule has 3 heterocycles. The lowest BCUT2D eigenvalue weighted by molar-refractivity contribution is -0.129. The third-order valence-electron chi connectivity index (χ3n) is 6.85. The van der Waals surface area contributed by atoms with Gasteiger partial charge in [-0.25, -0.2) is 13.8 Å². The van der Waals surface area contributed by atoms with Crippen molar-refractivity contribution in [3.63, 3.8) is 0 Å². The van der Waals surface area contributed by atoms with E-state index in [0.29, 0.717) is 36.3 Å². The molecule has 174 valence electrons. The second kappa shape index (κ2) is 9.44. The van der Waals surface area contributed by atoms with Gasteiger partial charge in [-0.2, -0.15) is 5.26 Å². The predicted octanol–water partition coefficient (Wildman–Crippen LogP) is 4.52. The Hall–Kier alpha value is -3.05. The first kappa shape index (κ1) is 23.1. The van der Waals surface area contributed by atoms with Gasteiger partial charge in [-0.05, 0) is 55.5 Å². The Morgan fingerprint density at radius 2 is 2.18 bits per heavy atom. The summed E-state index contributed by atoms with van der Waals surface area (Å²) in [7, 11) is 0. The summed E-state index contributed by atoms with van der Waals surface area (Å²) in [6.07, 6.45) is 3.67. The molecule has 0 spiro atoms. The van der Waals surface area contributed by atoms with E-state index in [1.807, 2.05) is 17.9 Å². The van der Waals surface area contributed by atoms with Crippen molar-refractivity contribution < 1.29 is 13.6 Å². The molecule has 6 nitrogen and oxygen atoms in total. The Balaban J connectivity index is 1.65. The number of alkyl halides is 1. The van der Waals surface area contributed by atoms with E-state index in [1.54, 1.807) is 12.1 Å². The molecule has 0 bridgehead atoms. The molecule has 33 heavy (non-hydrogen) atoms. The second-order valence-electron chi connectivity index (χ2n) is 8.80. The Morgan fingerprint density at radius 1 is 1.36 bits per heavy atom. The first-order valence-electron chi connectivity index (χ1n) is 11.6. The van der Waals surface area contributed by atoms with Gasteiger partial charge in [-0.1, -0.05) is 20.3 Å². The number of aromatic nitrogens is 1. The van der Waals surface area contributed by atoms with Crippen LogP contribution in [0, 0.1) is 17.1 Å². The normalized spacial score (nSPS) is 24.8. The highest BCUT2D eigenvalue weighted by Crippen LogP contribution is 2.46. The highest BCUT2D eigenvalue weighted by atomic mass is 19.1. The maximum absolute atomic E-state index is 14.9. The van der Waals surface area contributed by atoms with Crippen LogP contribution < -0.4 is 10.6 Å². The summed E-state index contributed by atoms with van der Waals surface area (Å²) in [5, 5.41) is 15.1. The molecule has 0 aliphatic carbocycles. The molecule has 4 rings (SSSR count). The van der Waals surface area contributed by atoms with E-state index in [9.17, 15) is 13.6 Å². The van der Waals surface area contributed by atoms with Gasteiger partial charge in [0.25, 0.3) is 0 Å². The maximum atomic E-state index is 14.9. The fourth-order valence-corrected chi connectivity index (χ4v) is 5.09. The zero-order chi connectivity index (χ0) is 23.6. The van der Waals surface area contributed by atoms with Crippen LogP contribution in [0.25, 0.3) is 0 Å². The first-order valence-corrected chi connectivity index (χ1v) is 11.6. The van der Waals surface area contributed by atoms with Gasteiger partial charge in [0.15, 0.2) is 0 Å². The zero-order valence-corrected chi connectivity index (χ0v) is 19.0. The van der Waals surface area contributed by atoms with Crippen LogP contribution in [-0.2, 0) is 16.8 Å². The van der Waals surface area contributed by atoms with Gasteiger partial charge in [0.05, 0.1) is 17.9 Å². The summed E-state index contributed by atoms with van der Waals surface area (Å²) < 4.78 is 29.6. The van der Waals surface area contributed by atoms with E-state index in [2.05, 4.69) is 22.5 Å². The van der Waals surface area contributed by atoms with Crippen LogP contribution in [0.4, 0.5) is 20.2 Å². The fraction of sp³-hybridized carbons (Fsp3) is 0.480. The van der Waals surface area contributed by atoms with Crippen molar-refractivity contribution in [2.75, 3.05) is 23.7 Å². The van der Waals surface area contributed by atoms with Gasteiger partial charge in [-0.15, -0.1) is 0 Å². The molecule has 2 unspecified atom stereocenters. The Bertz CT molecular complexity index is 1070. The van der Waals surface area contributed by atoms with E-state index >= 15 is 0 Å². The van der Waals surface area contributed by atoms with Crippen molar-refractivity contribution in [1.82, 2.24) is 9.88 Å². The van der Waals surface area contributed by atoms with E-state index in [0.717, 1.165) is 18.4 Å². The molecule has 0 saturated carbocycles. The largest absolute Gasteiger partial charge is 0.377 e. The van der Waals surface area contributed by atoms with Crippen molar-refractivity contribution in [3.05, 3.63) is 53.1 Å². The van der Waals surface area contributed by atoms with Crippen LogP contribution >= 0.6 is 0 Å². The molecule has 0 radical (unpaired) electrons. The Morgan fingerprint density at radius 3 is 2.85 bits per heavy atom. The number of nitrogens with one attached hydrogen (secondary N) is 2. The van der Waals surface area contributed by atoms with Gasteiger partial charge in [-0.3, -0.25) is 9.69 Å². The quantitative estimate of drug-likeness (QED) is 0.644. The topological polar surface area (TPSA) is 81.0 Å². The van der Waals surface area contributed by atoms with E-state index < -0.39 is 17.8 Å². The minimum atomic E-state index is -1.11. The van der Waals surface area contributed by atoms with Crippen molar-refractivity contribution in [2.24, 2.45) is 0 Å². The highest BCUT2D eigenvalue weighted by Gasteiger charge is 2.52. The lowest BCUT2D eigenvalue weighted by Crippen LogP contribution is -2.59. The van der Waals surface area contributed by atoms with Crippen LogP contribution in [0.3, 0.4) is 0 Å². The van der Waals surface area contributed by atoms with Crippen molar-refractivity contribution in [1.29, 1.82) is 5.26 Å². The van der Waals surface area contributed by atoms with Gasteiger partial charge >= 0.3 is 0 Å². The molecule has 3 atom stereocenters. The molecule has 1 saturated heterocycles. The van der Waals surface area contributed by atoms with Crippen molar-refractivity contribution >= 4 is 17.3 Å². The molecule has 2 aliphatic heterocycles. The average Bonchev–Trinajstić information content (AvgIpc) is 3.11. The molecule has 2 N–H and O–H groups in total. The zero-order valence-electron chi connectivity index (χ0n) is 19.0. The number of hydrogen-bond donors (Lipinski definition) is 2. The summed E-state index contributed by atoms with van der Waals surface area (Å²) in [5.74, 6) is -0.535. The summed E-state index contributed by atoms with van der Waals surface area (Å²) >= 11 is 0. The minimum absolute atomic E-state index is 0.181. The summed E-state index contributed by atoms with van der Waals surface area (Å²) in [4.78, 5) is 19.4. The smallest absolute Gasteiger partial charge is 0.249 e. The van der Waals surface area contributed by atoms with Gasteiger partial charge in [0.2, 0.25) is 5.91 Å². The number of carbonyl (C=O) groups excluding carboxylic acids is 1. The van der Waals surface area contributed by atoms with Crippen LogP contribution in [0.1, 0.15) is 56.4 Å². The molecule has 1 aromatic heterocycles. The monoisotopic (exact) mass is 453 g/mol. The molecule has 1 fully saturated rings. The number of likely N-dealkylation sites (tertiary alicyclic amines) is 1. The second-order valence-corrected chi connectivity index (χ2v) is 8.80. The number of unbranched alkanes of at least 4 members (excludes halogenated alkanes) is 1. The lowest BCUT2D eigenvalue weighted by atomic mass is 9.83. The number of fused-ring (bicyclic) bond motifs is 1. The summed E-state index contributed by atoms with van der Waals surface area (Å²) in [6.45, 7) is 4.67. The molecule has 1 aromatic carbocycles. The molecule has 8 heteroatoms. The minimum Gasteiger partial charge on any atom is -0.377 e. The molecule has 2 aliphatic rings.